The minimum Gasteiger partial charge on any atom is -0.410 e. The molecule has 39 heavy (non-hydrogen) atoms. The van der Waals surface area contributed by atoms with Gasteiger partial charge in [-0.1, -0.05) is 84.3 Å². The number of carbonyl (C=O) groups excluding carboxylic acids is 4. The van der Waals surface area contributed by atoms with Crippen molar-refractivity contribution in [3.63, 3.8) is 0 Å². The molecule has 0 bridgehead atoms. The number of isocyanates is 1. The number of aliphatic imine (C=N–C) groups is 1. The number of ether oxygens (including phenoxy) is 3. The number of nitrogens with zero attached hydrogens (tertiary/aromatic N) is 1. The Balaban J connectivity index is -0.000000642. The lowest BCUT2D eigenvalue weighted by Gasteiger charge is -2.08. The summed E-state index contributed by atoms with van der Waals surface area (Å²) in [5.41, 5.74) is 0. The number of carbonyl (C=O) groups is 3. The molecule has 212 valence electrons. The zero-order valence-electron chi connectivity index (χ0n) is 18.4. The van der Waals surface area contributed by atoms with E-state index in [2.05, 4.69) is 20.9 Å². The first kappa shape index (κ1) is 38.4. The van der Waals surface area contributed by atoms with Crippen LogP contribution < -0.4 is 30.2 Å². The quantitative estimate of drug-likeness (QED) is 0.185. The van der Waals surface area contributed by atoms with E-state index in [-0.39, 0.29) is 43.0 Å². The molecule has 0 saturated carbocycles. The second-order valence-corrected chi connectivity index (χ2v) is 6.22. The largest absolute Gasteiger partial charge is 0.414 e. The summed E-state index contributed by atoms with van der Waals surface area (Å²) in [5, 5.41) is 6.99. The number of para-hydroxylation sites is 3. The highest BCUT2D eigenvalue weighted by Gasteiger charge is 2.06. The van der Waals surface area contributed by atoms with E-state index in [1.165, 1.54) is 6.08 Å². The zero-order valence-corrected chi connectivity index (χ0v) is 18.4. The topological polar surface area (TPSA) is 144 Å². The highest BCUT2D eigenvalue weighted by molar-refractivity contribution is 5.73. The number of hydrogen-bond donors (Lipinski definition) is 3. The maximum Gasteiger partial charge on any atom is 0.414 e. The SMILES string of the molecule is C.C.C.C.O=C(NCNC(=O)Oc1ccccc1)Oc1ccccc1.O=C=NCNC(=O)Oc1ccccc1. The lowest BCUT2D eigenvalue weighted by atomic mass is 10.3. The summed E-state index contributed by atoms with van der Waals surface area (Å²) in [6, 6.07) is 25.8. The fourth-order valence-corrected chi connectivity index (χ4v) is 2.22. The Morgan fingerprint density at radius 3 is 1.18 bits per heavy atom. The Labute approximate surface area is 230 Å². The first-order valence-electron chi connectivity index (χ1n) is 10.1. The molecule has 0 aliphatic heterocycles. The van der Waals surface area contributed by atoms with Crippen LogP contribution in [-0.4, -0.2) is 37.7 Å². The minimum atomic E-state index is -0.666. The molecular formula is C28H38N4O7. The number of amides is 3. The molecular weight excluding hydrogens is 504 g/mol. The van der Waals surface area contributed by atoms with Crippen molar-refractivity contribution in [2.24, 2.45) is 4.99 Å². The van der Waals surface area contributed by atoms with Crippen molar-refractivity contribution in [3.05, 3.63) is 91.0 Å². The number of benzene rings is 3. The normalized spacial score (nSPS) is 8.21. The van der Waals surface area contributed by atoms with E-state index in [0.717, 1.165) is 0 Å². The van der Waals surface area contributed by atoms with Gasteiger partial charge in [-0.3, -0.25) is 0 Å². The first-order valence-corrected chi connectivity index (χ1v) is 10.1. The summed E-state index contributed by atoms with van der Waals surface area (Å²) in [7, 11) is 0. The molecule has 0 aliphatic rings. The van der Waals surface area contributed by atoms with Gasteiger partial charge in [-0.05, 0) is 36.4 Å². The molecule has 3 aromatic carbocycles. The lowest BCUT2D eigenvalue weighted by Crippen LogP contribution is -2.39. The van der Waals surface area contributed by atoms with Crippen molar-refractivity contribution in [2.75, 3.05) is 13.3 Å². The van der Waals surface area contributed by atoms with Gasteiger partial charge in [0.2, 0.25) is 6.08 Å². The molecule has 3 N–H and O–H groups in total. The van der Waals surface area contributed by atoms with E-state index >= 15 is 0 Å². The summed E-state index contributed by atoms with van der Waals surface area (Å²) in [5.74, 6) is 1.27. The first-order chi connectivity index (χ1) is 17.1. The predicted molar refractivity (Wildman–Crippen MR) is 152 cm³/mol. The van der Waals surface area contributed by atoms with E-state index in [1.807, 2.05) is 12.1 Å². The van der Waals surface area contributed by atoms with E-state index in [9.17, 15) is 19.2 Å². The van der Waals surface area contributed by atoms with E-state index in [4.69, 9.17) is 14.2 Å². The van der Waals surface area contributed by atoms with Crippen LogP contribution in [0.2, 0.25) is 0 Å². The van der Waals surface area contributed by atoms with Gasteiger partial charge in [0.05, 0.1) is 6.67 Å². The van der Waals surface area contributed by atoms with Crippen molar-refractivity contribution in [2.45, 2.75) is 29.7 Å². The fourth-order valence-electron chi connectivity index (χ4n) is 2.22. The number of rotatable bonds is 7. The van der Waals surface area contributed by atoms with E-state index < -0.39 is 18.3 Å². The Bertz CT molecular complexity index is 1060. The Morgan fingerprint density at radius 1 is 0.564 bits per heavy atom. The van der Waals surface area contributed by atoms with Crippen molar-refractivity contribution < 1.29 is 33.4 Å². The highest BCUT2D eigenvalue weighted by atomic mass is 16.6. The molecule has 0 aliphatic carbocycles. The van der Waals surface area contributed by atoms with Crippen LogP contribution in [-0.2, 0) is 4.79 Å². The molecule has 0 radical (unpaired) electrons. The van der Waals surface area contributed by atoms with Gasteiger partial charge in [-0.2, -0.15) is 4.99 Å². The summed E-state index contributed by atoms with van der Waals surface area (Å²) in [4.78, 5) is 46.6. The molecule has 0 aromatic heterocycles. The van der Waals surface area contributed by atoms with Gasteiger partial charge >= 0.3 is 18.3 Å². The second kappa shape index (κ2) is 23.3. The van der Waals surface area contributed by atoms with Gasteiger partial charge in [0.15, 0.2) is 0 Å². The van der Waals surface area contributed by atoms with E-state index in [0.29, 0.717) is 17.2 Å². The maximum absolute atomic E-state index is 11.4. The van der Waals surface area contributed by atoms with Gasteiger partial charge in [-0.25, -0.2) is 19.2 Å². The molecule has 0 saturated heterocycles. The van der Waals surface area contributed by atoms with Gasteiger partial charge in [0, 0.05) is 0 Å². The van der Waals surface area contributed by atoms with Crippen LogP contribution in [0.1, 0.15) is 29.7 Å². The van der Waals surface area contributed by atoms with Crippen molar-refractivity contribution in [3.8, 4) is 17.2 Å². The molecule has 11 heteroatoms. The van der Waals surface area contributed by atoms with E-state index in [1.54, 1.807) is 78.9 Å². The Hall–Kier alpha value is -5.15. The average molecular weight is 543 g/mol. The molecule has 0 fully saturated rings. The monoisotopic (exact) mass is 542 g/mol. The summed E-state index contributed by atoms with van der Waals surface area (Å²) in [6.07, 6.45) is -0.697. The van der Waals surface area contributed by atoms with Crippen LogP contribution in [0.25, 0.3) is 0 Å². The van der Waals surface area contributed by atoms with Gasteiger partial charge in [0.25, 0.3) is 0 Å². The maximum atomic E-state index is 11.4. The Morgan fingerprint density at radius 2 is 0.872 bits per heavy atom. The lowest BCUT2D eigenvalue weighted by molar-refractivity contribution is 0.192. The van der Waals surface area contributed by atoms with Crippen LogP contribution in [0.15, 0.2) is 96.0 Å². The number of nitrogens with one attached hydrogen (secondary N) is 3. The third-order valence-electron chi connectivity index (χ3n) is 3.69. The standard InChI is InChI=1S/C15H14N2O4.C9H8N2O3.4CH4/c18-14(20-12-7-3-1-4-8-12)16-11-17-15(19)21-13-9-5-2-6-10-13;12-7-10-6-11-9(13)14-8-4-2-1-3-5-8;;;;/h1-10H,11H2,(H,16,18)(H,17,19);1-5H,6H2,(H,11,13);4*1H4. The zero-order chi connectivity index (χ0) is 25.1. The molecule has 0 unspecified atom stereocenters. The summed E-state index contributed by atoms with van der Waals surface area (Å²) in [6.45, 7) is -0.230. The molecule has 3 rings (SSSR count). The van der Waals surface area contributed by atoms with Gasteiger partial charge in [0.1, 0.15) is 23.9 Å². The highest BCUT2D eigenvalue weighted by Crippen LogP contribution is 2.09. The third-order valence-corrected chi connectivity index (χ3v) is 3.69. The molecule has 11 nitrogen and oxygen atoms in total. The molecule has 0 spiro atoms. The second-order valence-electron chi connectivity index (χ2n) is 6.22. The van der Waals surface area contributed by atoms with Crippen LogP contribution >= 0.6 is 0 Å². The molecule has 3 amide bonds. The van der Waals surface area contributed by atoms with Crippen molar-refractivity contribution in [1.29, 1.82) is 0 Å². The average Bonchev–Trinajstić information content (AvgIpc) is 2.86. The van der Waals surface area contributed by atoms with Crippen LogP contribution in [0.5, 0.6) is 17.2 Å². The Kier molecular flexibility index (Phi) is 22.9. The summed E-state index contributed by atoms with van der Waals surface area (Å²) < 4.78 is 14.8. The minimum absolute atomic E-state index is 0. The van der Waals surface area contributed by atoms with Crippen LogP contribution in [0.4, 0.5) is 14.4 Å². The predicted octanol–water partition coefficient (Wildman–Crippen LogP) is 6.13. The van der Waals surface area contributed by atoms with Crippen LogP contribution in [0.3, 0.4) is 0 Å². The fraction of sp³-hybridized carbons (Fsp3) is 0.214. The molecule has 0 heterocycles. The van der Waals surface area contributed by atoms with Crippen molar-refractivity contribution >= 4 is 24.4 Å². The molecule has 0 atom stereocenters. The van der Waals surface area contributed by atoms with Crippen molar-refractivity contribution in [1.82, 2.24) is 16.0 Å². The van der Waals surface area contributed by atoms with Crippen LogP contribution in [0, 0.1) is 0 Å². The third kappa shape index (κ3) is 17.9. The number of hydrogen-bond acceptors (Lipinski definition) is 8. The molecule has 3 aromatic rings. The van der Waals surface area contributed by atoms with Gasteiger partial charge in [-0.15, -0.1) is 0 Å². The van der Waals surface area contributed by atoms with Gasteiger partial charge < -0.3 is 30.2 Å². The smallest absolute Gasteiger partial charge is 0.410 e. The summed E-state index contributed by atoms with van der Waals surface area (Å²) >= 11 is 0.